The molecule has 0 radical (unpaired) electrons. The summed E-state index contributed by atoms with van der Waals surface area (Å²) in [5.74, 6) is -2.31. The van der Waals surface area contributed by atoms with Crippen LogP contribution in [0.2, 0.25) is 0 Å². The molecule has 0 fully saturated rings. The van der Waals surface area contributed by atoms with Crippen molar-refractivity contribution in [2.75, 3.05) is 13.6 Å². The van der Waals surface area contributed by atoms with E-state index in [9.17, 15) is 24.6 Å². The summed E-state index contributed by atoms with van der Waals surface area (Å²) in [7, 11) is 1.84. The molecule has 0 aliphatic rings. The first-order chi connectivity index (χ1) is 13.3. The second kappa shape index (κ2) is 12.8. The fourth-order valence-corrected chi connectivity index (χ4v) is 3.87. The molecule has 0 rings (SSSR count). The predicted molar refractivity (Wildman–Crippen MR) is 110 cm³/mol. The first kappa shape index (κ1) is 28.2. The Morgan fingerprint density at radius 1 is 1.17 bits per heavy atom. The van der Waals surface area contributed by atoms with Gasteiger partial charge < -0.3 is 25.4 Å². The Bertz CT molecular complexity index is 476. The Morgan fingerprint density at radius 2 is 1.72 bits per heavy atom. The zero-order valence-electron chi connectivity index (χ0n) is 19.2. The number of rotatable bonds is 14. The van der Waals surface area contributed by atoms with Crippen molar-refractivity contribution in [2.24, 2.45) is 23.7 Å². The number of carbonyl (C=O) groups is 1. The molecule has 174 valence electrons. The highest BCUT2D eigenvalue weighted by molar-refractivity contribution is 5.73. The molecule has 0 aromatic heterocycles. The second-order valence-electron chi connectivity index (χ2n) is 8.83. The fraction of sp³-hybridized carbons (Fsp3) is 0.952. The molecule has 0 aliphatic heterocycles. The van der Waals surface area contributed by atoms with E-state index in [0.29, 0.717) is 12.8 Å². The monoisotopic (exact) mass is 423 g/mol. The lowest BCUT2D eigenvalue weighted by molar-refractivity contribution is -0.229. The number of hydrogen-bond acceptors (Lipinski definition) is 7. The van der Waals surface area contributed by atoms with E-state index in [1.807, 2.05) is 20.9 Å². The number of aliphatic hydroxyl groups is 3. The maximum absolute atomic E-state index is 13.5. The molecule has 9 atom stereocenters. The van der Waals surface area contributed by atoms with Crippen LogP contribution in [0.4, 0.5) is 4.53 Å². The molecular weight excluding hydrogens is 381 g/mol. The molecule has 0 aromatic rings. The van der Waals surface area contributed by atoms with E-state index < -0.39 is 47.8 Å². The van der Waals surface area contributed by atoms with E-state index in [0.717, 1.165) is 6.54 Å². The summed E-state index contributed by atoms with van der Waals surface area (Å²) in [5.41, 5.74) is -1.08. The fourth-order valence-electron chi connectivity index (χ4n) is 3.87. The molecule has 7 nitrogen and oxygen atoms in total. The Balaban J connectivity index is 5.22. The van der Waals surface area contributed by atoms with Gasteiger partial charge in [-0.25, -0.2) is 0 Å². The van der Waals surface area contributed by atoms with Gasteiger partial charge in [-0.15, -0.1) is 0 Å². The van der Waals surface area contributed by atoms with Crippen LogP contribution in [0.3, 0.4) is 0 Å². The van der Waals surface area contributed by atoms with Crippen LogP contribution >= 0.6 is 0 Å². The van der Waals surface area contributed by atoms with Crippen LogP contribution in [-0.2, 0) is 14.5 Å². The topological polar surface area (TPSA) is 108 Å². The third-order valence-electron chi connectivity index (χ3n) is 6.11. The predicted octanol–water partition coefficient (Wildman–Crippen LogP) is 2.22. The molecule has 4 N–H and O–H groups in total. The van der Waals surface area contributed by atoms with Gasteiger partial charge in [0, 0.05) is 0 Å². The standard InChI is InChI=1S/C21H42FNO6/c1-9-17(18(25)16(6)24)28-20(26)14(4)19(29-22)13(3)15(5)21(7,27)10-12(2)11-23-8/h12-19,23-25,27H,9-11H2,1-8H3/t12-,13-,14?,15-,16?,17-,18?,19+,21-/m1/s1. The summed E-state index contributed by atoms with van der Waals surface area (Å²) in [4.78, 5) is 16.7. The van der Waals surface area contributed by atoms with E-state index >= 15 is 0 Å². The minimum atomic E-state index is -1.23. The number of aliphatic hydroxyl groups excluding tert-OH is 2. The van der Waals surface area contributed by atoms with E-state index in [1.165, 1.54) is 13.8 Å². The van der Waals surface area contributed by atoms with E-state index in [2.05, 4.69) is 10.3 Å². The third kappa shape index (κ3) is 8.45. The van der Waals surface area contributed by atoms with Gasteiger partial charge in [0.05, 0.1) is 17.6 Å². The van der Waals surface area contributed by atoms with Crippen LogP contribution < -0.4 is 5.32 Å². The molecule has 0 spiro atoms. The van der Waals surface area contributed by atoms with E-state index in [1.54, 1.807) is 20.8 Å². The second-order valence-corrected chi connectivity index (χ2v) is 8.83. The highest BCUT2D eigenvalue weighted by Crippen LogP contribution is 2.35. The van der Waals surface area contributed by atoms with Crippen molar-refractivity contribution in [1.82, 2.24) is 5.32 Å². The summed E-state index contributed by atoms with van der Waals surface area (Å²) in [5, 5.41) is 33.5. The van der Waals surface area contributed by atoms with Crippen molar-refractivity contribution in [3.63, 3.8) is 0 Å². The smallest absolute Gasteiger partial charge is 0.311 e. The van der Waals surface area contributed by atoms with Gasteiger partial charge in [-0.05, 0) is 69.5 Å². The molecule has 0 amide bonds. The molecule has 3 unspecified atom stereocenters. The van der Waals surface area contributed by atoms with Gasteiger partial charge in [0.15, 0.2) is 0 Å². The van der Waals surface area contributed by atoms with Crippen LogP contribution in [0.25, 0.3) is 0 Å². The Labute approximate surface area is 174 Å². The normalized spacial score (nSPS) is 22.5. The molecule has 0 aliphatic carbocycles. The zero-order chi connectivity index (χ0) is 22.9. The molecule has 0 saturated heterocycles. The van der Waals surface area contributed by atoms with Gasteiger partial charge in [-0.3, -0.25) is 4.79 Å². The van der Waals surface area contributed by atoms with Crippen LogP contribution in [0.15, 0.2) is 0 Å². The van der Waals surface area contributed by atoms with Crippen LogP contribution in [0, 0.1) is 23.7 Å². The van der Waals surface area contributed by atoms with Crippen LogP contribution in [0.5, 0.6) is 0 Å². The van der Waals surface area contributed by atoms with Gasteiger partial charge in [-0.1, -0.05) is 27.7 Å². The number of carbonyl (C=O) groups excluding carboxylic acids is 1. The molecule has 0 bridgehead atoms. The van der Waals surface area contributed by atoms with Crippen molar-refractivity contribution in [3.05, 3.63) is 0 Å². The first-order valence-corrected chi connectivity index (χ1v) is 10.5. The van der Waals surface area contributed by atoms with E-state index in [4.69, 9.17) is 4.74 Å². The largest absolute Gasteiger partial charge is 0.459 e. The first-order valence-electron chi connectivity index (χ1n) is 10.5. The minimum Gasteiger partial charge on any atom is -0.459 e. The van der Waals surface area contributed by atoms with Crippen molar-refractivity contribution in [2.45, 2.75) is 91.3 Å². The molecule has 29 heavy (non-hydrogen) atoms. The van der Waals surface area contributed by atoms with Crippen molar-refractivity contribution >= 4 is 5.97 Å². The number of halogens is 1. The maximum atomic E-state index is 13.5. The average molecular weight is 424 g/mol. The molecule has 8 heteroatoms. The third-order valence-corrected chi connectivity index (χ3v) is 6.11. The highest BCUT2D eigenvalue weighted by atomic mass is 19.3. The summed E-state index contributed by atoms with van der Waals surface area (Å²) < 4.78 is 18.8. The van der Waals surface area contributed by atoms with Crippen LogP contribution in [0.1, 0.15) is 61.3 Å². The van der Waals surface area contributed by atoms with Crippen molar-refractivity contribution < 1.29 is 34.3 Å². The Kier molecular flexibility index (Phi) is 12.4. The van der Waals surface area contributed by atoms with Crippen molar-refractivity contribution in [1.29, 1.82) is 0 Å². The average Bonchev–Trinajstić information content (AvgIpc) is 2.64. The summed E-state index contributed by atoms with van der Waals surface area (Å²) in [6.45, 7) is 12.6. The summed E-state index contributed by atoms with van der Waals surface area (Å²) in [6, 6.07) is 0. The van der Waals surface area contributed by atoms with Gasteiger partial charge in [0.2, 0.25) is 0 Å². The van der Waals surface area contributed by atoms with Gasteiger partial charge in [0.1, 0.15) is 18.3 Å². The molecule has 0 saturated carbocycles. The number of hydrogen-bond donors (Lipinski definition) is 4. The van der Waals surface area contributed by atoms with Crippen LogP contribution in [-0.4, -0.2) is 64.9 Å². The van der Waals surface area contributed by atoms with Gasteiger partial charge in [0.25, 0.3) is 0 Å². The van der Waals surface area contributed by atoms with E-state index in [-0.39, 0.29) is 11.8 Å². The quantitative estimate of drug-likeness (QED) is 0.317. The number of nitrogens with one attached hydrogen (secondary N) is 1. The lowest BCUT2D eigenvalue weighted by atomic mass is 9.73. The molecule has 0 heterocycles. The lowest BCUT2D eigenvalue weighted by Gasteiger charge is -2.39. The Hall–Kier alpha value is -0.800. The minimum absolute atomic E-state index is 0.212. The van der Waals surface area contributed by atoms with Crippen molar-refractivity contribution in [3.8, 4) is 0 Å². The zero-order valence-corrected chi connectivity index (χ0v) is 19.2. The summed E-state index contributed by atoms with van der Waals surface area (Å²) >= 11 is 0. The number of ether oxygens (including phenoxy) is 1. The molecule has 0 aromatic carbocycles. The lowest BCUT2D eigenvalue weighted by Crippen LogP contribution is -2.46. The number of esters is 1. The SMILES string of the molecule is CC[C@@H](OC(=O)C(C)[C@@H](OF)[C@H](C)[C@@H](C)[C@](C)(O)C[C@@H](C)CNC)C(O)C(C)O. The van der Waals surface area contributed by atoms with Gasteiger partial charge >= 0.3 is 5.97 Å². The van der Waals surface area contributed by atoms with Gasteiger partial charge in [-0.2, -0.15) is 4.94 Å². The molecular formula is C21H42FNO6. The maximum Gasteiger partial charge on any atom is 0.311 e. The Morgan fingerprint density at radius 3 is 2.14 bits per heavy atom. The highest BCUT2D eigenvalue weighted by Gasteiger charge is 2.42. The summed E-state index contributed by atoms with van der Waals surface area (Å²) in [6.07, 6.45) is -3.50.